The minimum atomic E-state index is -0.337. The molecule has 2 rings (SSSR count). The Labute approximate surface area is 82.5 Å². The fraction of sp³-hybridized carbons (Fsp3) is 0.500. The number of hydrogen-bond donors (Lipinski definition) is 0. The molecule has 0 N–H and O–H groups in total. The van der Waals surface area contributed by atoms with Crippen molar-refractivity contribution in [3.05, 3.63) is 18.1 Å². The van der Waals surface area contributed by atoms with Crippen LogP contribution in [0.25, 0.3) is 0 Å². The van der Waals surface area contributed by atoms with Gasteiger partial charge >= 0.3 is 0 Å². The zero-order chi connectivity index (χ0) is 10.1. The summed E-state index contributed by atoms with van der Waals surface area (Å²) in [6, 6.07) is 1.32. The number of halogens is 1. The van der Waals surface area contributed by atoms with Crippen molar-refractivity contribution in [3.8, 4) is 5.75 Å². The van der Waals surface area contributed by atoms with Crippen LogP contribution in [-0.4, -0.2) is 25.2 Å². The van der Waals surface area contributed by atoms with Gasteiger partial charge in [-0.1, -0.05) is 0 Å². The SMILES string of the molecule is CN(C)c1nccc(F)c1OC1CC1. The fourth-order valence-electron chi connectivity index (χ4n) is 1.19. The smallest absolute Gasteiger partial charge is 0.197 e. The molecule has 0 bridgehead atoms. The Morgan fingerprint density at radius 1 is 1.50 bits per heavy atom. The standard InChI is InChI=1S/C10H13FN2O/c1-13(2)10-9(14-7-3-4-7)8(11)5-6-12-10/h5-7H,3-4H2,1-2H3. The molecule has 0 aromatic carbocycles. The van der Waals surface area contributed by atoms with E-state index in [1.54, 1.807) is 4.90 Å². The van der Waals surface area contributed by atoms with E-state index < -0.39 is 0 Å². The molecule has 3 nitrogen and oxygen atoms in total. The lowest BCUT2D eigenvalue weighted by molar-refractivity contribution is 0.287. The maximum atomic E-state index is 13.4. The van der Waals surface area contributed by atoms with E-state index in [1.165, 1.54) is 12.3 Å². The second-order valence-electron chi connectivity index (χ2n) is 3.66. The highest BCUT2D eigenvalue weighted by Crippen LogP contribution is 2.33. The van der Waals surface area contributed by atoms with Crippen LogP contribution in [0.5, 0.6) is 5.75 Å². The van der Waals surface area contributed by atoms with Crippen molar-refractivity contribution >= 4 is 5.82 Å². The average Bonchev–Trinajstić information content (AvgIpc) is 2.91. The minimum absolute atomic E-state index is 0.187. The van der Waals surface area contributed by atoms with E-state index in [0.717, 1.165) is 12.8 Å². The Balaban J connectivity index is 2.31. The van der Waals surface area contributed by atoms with Crippen LogP contribution in [0.1, 0.15) is 12.8 Å². The first kappa shape index (κ1) is 9.24. The van der Waals surface area contributed by atoms with Crippen molar-refractivity contribution in [2.45, 2.75) is 18.9 Å². The van der Waals surface area contributed by atoms with Crippen molar-refractivity contribution in [1.29, 1.82) is 0 Å². The maximum absolute atomic E-state index is 13.4. The van der Waals surface area contributed by atoms with E-state index in [1.807, 2.05) is 14.1 Å². The van der Waals surface area contributed by atoms with Crippen LogP contribution in [0.15, 0.2) is 12.3 Å². The number of nitrogens with zero attached hydrogens (tertiary/aromatic N) is 2. The van der Waals surface area contributed by atoms with Crippen molar-refractivity contribution < 1.29 is 9.13 Å². The van der Waals surface area contributed by atoms with Gasteiger partial charge in [-0.2, -0.15) is 0 Å². The zero-order valence-electron chi connectivity index (χ0n) is 8.33. The van der Waals surface area contributed by atoms with Crippen molar-refractivity contribution in [2.24, 2.45) is 0 Å². The van der Waals surface area contributed by atoms with Crippen LogP contribution in [-0.2, 0) is 0 Å². The Hall–Kier alpha value is -1.32. The lowest BCUT2D eigenvalue weighted by atomic mass is 10.4. The second-order valence-corrected chi connectivity index (χ2v) is 3.66. The highest BCUT2D eigenvalue weighted by Gasteiger charge is 2.27. The Morgan fingerprint density at radius 2 is 2.21 bits per heavy atom. The number of ether oxygens (including phenoxy) is 1. The van der Waals surface area contributed by atoms with E-state index in [9.17, 15) is 4.39 Å². The van der Waals surface area contributed by atoms with Gasteiger partial charge in [0.2, 0.25) is 0 Å². The van der Waals surface area contributed by atoms with E-state index in [4.69, 9.17) is 4.74 Å². The normalized spacial score (nSPS) is 15.4. The molecule has 0 atom stereocenters. The third kappa shape index (κ3) is 1.78. The molecular weight excluding hydrogens is 183 g/mol. The van der Waals surface area contributed by atoms with Crippen LogP contribution in [0, 0.1) is 5.82 Å². The first-order valence-electron chi connectivity index (χ1n) is 4.67. The van der Waals surface area contributed by atoms with Crippen LogP contribution < -0.4 is 9.64 Å². The Morgan fingerprint density at radius 3 is 2.79 bits per heavy atom. The van der Waals surface area contributed by atoms with E-state index >= 15 is 0 Å². The van der Waals surface area contributed by atoms with Gasteiger partial charge in [-0.05, 0) is 18.9 Å². The average molecular weight is 196 g/mol. The molecule has 1 aromatic rings. The van der Waals surface area contributed by atoms with Gasteiger partial charge in [0, 0.05) is 20.3 Å². The lowest BCUT2D eigenvalue weighted by Crippen LogP contribution is -2.14. The van der Waals surface area contributed by atoms with Crippen LogP contribution in [0.3, 0.4) is 0 Å². The maximum Gasteiger partial charge on any atom is 0.197 e. The summed E-state index contributed by atoms with van der Waals surface area (Å²) in [5.74, 6) is 0.493. The van der Waals surface area contributed by atoms with Crippen molar-refractivity contribution in [2.75, 3.05) is 19.0 Å². The first-order chi connectivity index (χ1) is 6.68. The van der Waals surface area contributed by atoms with Gasteiger partial charge < -0.3 is 9.64 Å². The molecule has 1 aliphatic rings. The summed E-state index contributed by atoms with van der Waals surface area (Å²) < 4.78 is 18.9. The number of pyridine rings is 1. The zero-order valence-corrected chi connectivity index (χ0v) is 8.33. The quantitative estimate of drug-likeness (QED) is 0.737. The summed E-state index contributed by atoms with van der Waals surface area (Å²) in [5.41, 5.74) is 0. The van der Waals surface area contributed by atoms with Gasteiger partial charge in [0.05, 0.1) is 6.10 Å². The summed E-state index contributed by atoms with van der Waals surface area (Å²) >= 11 is 0. The molecular formula is C10H13FN2O. The highest BCUT2D eigenvalue weighted by molar-refractivity contribution is 5.51. The number of aromatic nitrogens is 1. The molecule has 0 amide bonds. The Bertz CT molecular complexity index is 337. The summed E-state index contributed by atoms with van der Waals surface area (Å²) in [4.78, 5) is 5.83. The van der Waals surface area contributed by atoms with E-state index in [2.05, 4.69) is 4.98 Å². The fourth-order valence-corrected chi connectivity index (χ4v) is 1.19. The highest BCUT2D eigenvalue weighted by atomic mass is 19.1. The second kappa shape index (κ2) is 3.44. The van der Waals surface area contributed by atoms with Gasteiger partial charge in [0.25, 0.3) is 0 Å². The molecule has 76 valence electrons. The number of hydrogen-bond acceptors (Lipinski definition) is 3. The third-order valence-corrected chi connectivity index (χ3v) is 2.07. The summed E-state index contributed by atoms with van der Waals surface area (Å²) in [7, 11) is 3.64. The molecule has 0 radical (unpaired) electrons. The summed E-state index contributed by atoms with van der Waals surface area (Å²) in [6.07, 6.45) is 3.67. The number of anilines is 1. The molecule has 0 unspecified atom stereocenters. The van der Waals surface area contributed by atoms with Crippen LogP contribution >= 0.6 is 0 Å². The molecule has 14 heavy (non-hydrogen) atoms. The Kier molecular flexibility index (Phi) is 2.27. The molecule has 0 aliphatic heterocycles. The number of rotatable bonds is 3. The molecule has 1 fully saturated rings. The molecule has 1 saturated carbocycles. The van der Waals surface area contributed by atoms with Gasteiger partial charge in [0.1, 0.15) is 0 Å². The molecule has 0 saturated heterocycles. The predicted octanol–water partition coefficient (Wildman–Crippen LogP) is 1.83. The predicted molar refractivity (Wildman–Crippen MR) is 52.2 cm³/mol. The topological polar surface area (TPSA) is 25.4 Å². The molecule has 1 aromatic heterocycles. The van der Waals surface area contributed by atoms with Crippen LogP contribution in [0.2, 0.25) is 0 Å². The molecule has 1 heterocycles. The van der Waals surface area contributed by atoms with Gasteiger partial charge in [0.15, 0.2) is 17.4 Å². The first-order valence-corrected chi connectivity index (χ1v) is 4.67. The molecule has 4 heteroatoms. The van der Waals surface area contributed by atoms with Gasteiger partial charge in [-0.3, -0.25) is 0 Å². The minimum Gasteiger partial charge on any atom is -0.484 e. The lowest BCUT2D eigenvalue weighted by Gasteiger charge is -2.16. The van der Waals surface area contributed by atoms with Crippen LogP contribution in [0.4, 0.5) is 10.2 Å². The van der Waals surface area contributed by atoms with Gasteiger partial charge in [-0.15, -0.1) is 0 Å². The third-order valence-electron chi connectivity index (χ3n) is 2.07. The summed E-state index contributed by atoms with van der Waals surface area (Å²) in [5, 5.41) is 0. The molecule has 1 aliphatic carbocycles. The van der Waals surface area contributed by atoms with E-state index in [-0.39, 0.29) is 17.7 Å². The molecule has 0 spiro atoms. The largest absolute Gasteiger partial charge is 0.484 e. The summed E-state index contributed by atoms with van der Waals surface area (Å²) in [6.45, 7) is 0. The monoisotopic (exact) mass is 196 g/mol. The van der Waals surface area contributed by atoms with Crippen molar-refractivity contribution in [3.63, 3.8) is 0 Å². The van der Waals surface area contributed by atoms with Gasteiger partial charge in [-0.25, -0.2) is 9.37 Å². The van der Waals surface area contributed by atoms with Crippen molar-refractivity contribution in [1.82, 2.24) is 4.98 Å². The van der Waals surface area contributed by atoms with E-state index in [0.29, 0.717) is 5.82 Å².